The molecule has 0 saturated carbocycles. The second kappa shape index (κ2) is 19.1. The fourth-order valence-corrected chi connectivity index (χ4v) is 4.48. The second-order valence-corrected chi connectivity index (χ2v) is 11.7. The first-order valence-corrected chi connectivity index (χ1v) is 15.4. The number of rotatable bonds is 19. The van der Waals surface area contributed by atoms with Crippen LogP contribution in [-0.2, 0) is 40.0 Å². The van der Waals surface area contributed by atoms with Gasteiger partial charge < -0.3 is 53.9 Å². The van der Waals surface area contributed by atoms with Gasteiger partial charge in [-0.2, -0.15) is 4.39 Å². The number of nitrogens with two attached hydrogens (primary N) is 3. The molecule has 21 nitrogen and oxygen atoms in total. The van der Waals surface area contributed by atoms with Crippen molar-refractivity contribution >= 4 is 47.3 Å². The maximum Gasteiger partial charge on any atom is 0.326 e. The van der Waals surface area contributed by atoms with Gasteiger partial charge in [0.15, 0.2) is 0 Å². The minimum absolute atomic E-state index is 0.207. The van der Waals surface area contributed by atoms with Crippen molar-refractivity contribution in [2.24, 2.45) is 23.1 Å². The molecule has 5 atom stereocenters. The molecule has 14 N–H and O–H groups in total. The number of primary amides is 2. The zero-order chi connectivity index (χ0) is 39.3. The molecule has 0 saturated heterocycles. The smallest absolute Gasteiger partial charge is 0.326 e. The number of nitrogens with one attached hydrogen (secondary N) is 7. The molecule has 0 aliphatic rings. The lowest BCUT2D eigenvalue weighted by molar-refractivity contribution is -0.143. The molecular weight excluding hydrogens is 695 g/mol. The van der Waals surface area contributed by atoms with E-state index in [9.17, 15) is 57.4 Å². The van der Waals surface area contributed by atoms with Crippen LogP contribution in [0, 0.1) is 11.7 Å². The summed E-state index contributed by atoms with van der Waals surface area (Å²) in [6.07, 6.45) is -1.76. The van der Waals surface area contributed by atoms with Crippen molar-refractivity contribution in [2.75, 3.05) is 6.54 Å². The number of aromatic nitrogens is 2. The van der Waals surface area contributed by atoms with Crippen LogP contribution in [0.5, 0.6) is 0 Å². The molecule has 2 rings (SSSR count). The van der Waals surface area contributed by atoms with E-state index in [4.69, 9.17) is 17.2 Å². The minimum atomic E-state index is -1.75. The third-order valence-electron chi connectivity index (χ3n) is 7.15. The highest BCUT2D eigenvalue weighted by atomic mass is 19.1. The molecule has 282 valence electrons. The van der Waals surface area contributed by atoms with E-state index in [2.05, 4.69) is 26.6 Å². The topological polar surface area (TPSA) is 361 Å². The van der Waals surface area contributed by atoms with E-state index in [0.29, 0.717) is 5.56 Å². The van der Waals surface area contributed by atoms with Crippen molar-refractivity contribution in [2.45, 2.75) is 63.3 Å². The first-order chi connectivity index (χ1) is 24.3. The van der Waals surface area contributed by atoms with Crippen LogP contribution in [0.3, 0.4) is 0 Å². The van der Waals surface area contributed by atoms with Crippen LogP contribution in [0.15, 0.2) is 39.9 Å². The molecule has 2 aromatic rings. The van der Waals surface area contributed by atoms with E-state index in [-0.39, 0.29) is 6.42 Å². The zero-order valence-corrected chi connectivity index (χ0v) is 27.8. The zero-order valence-electron chi connectivity index (χ0n) is 27.8. The van der Waals surface area contributed by atoms with Gasteiger partial charge in [-0.05, 0) is 11.5 Å². The van der Waals surface area contributed by atoms with Crippen molar-refractivity contribution < 1.29 is 47.9 Å². The van der Waals surface area contributed by atoms with Gasteiger partial charge in [0.2, 0.25) is 41.3 Å². The van der Waals surface area contributed by atoms with Crippen LogP contribution in [0.2, 0.25) is 0 Å². The Balaban J connectivity index is 2.21. The number of aromatic amines is 2. The Morgan fingerprint density at radius 2 is 1.31 bits per heavy atom. The molecule has 22 heteroatoms. The summed E-state index contributed by atoms with van der Waals surface area (Å²) >= 11 is 0. The van der Waals surface area contributed by atoms with Gasteiger partial charge in [-0.15, -0.1) is 0 Å². The number of aliphatic carboxylic acids is 1. The maximum atomic E-state index is 14.0. The number of carbonyl (C=O) groups is 8. The fraction of sp³-hybridized carbons (Fsp3) is 0.400. The lowest BCUT2D eigenvalue weighted by atomic mass is 10.0. The van der Waals surface area contributed by atoms with Gasteiger partial charge in [0.25, 0.3) is 11.5 Å². The molecule has 0 spiro atoms. The molecule has 1 aromatic heterocycles. The number of amides is 7. The van der Waals surface area contributed by atoms with E-state index in [0.717, 1.165) is 0 Å². The van der Waals surface area contributed by atoms with Crippen LogP contribution >= 0.6 is 0 Å². The quantitative estimate of drug-likeness (QED) is 0.0646. The van der Waals surface area contributed by atoms with Crippen molar-refractivity contribution in [1.82, 2.24) is 36.6 Å². The Morgan fingerprint density at radius 3 is 1.87 bits per heavy atom. The molecule has 52 heavy (non-hydrogen) atoms. The van der Waals surface area contributed by atoms with Gasteiger partial charge in [-0.1, -0.05) is 44.2 Å². The monoisotopic (exact) mass is 734 g/mol. The second-order valence-electron chi connectivity index (χ2n) is 11.7. The summed E-state index contributed by atoms with van der Waals surface area (Å²) in [5, 5.41) is 20.6. The number of hydrogen-bond acceptors (Lipinski definition) is 11. The average Bonchev–Trinajstić information content (AvgIpc) is 3.06. The Morgan fingerprint density at radius 1 is 0.769 bits per heavy atom. The highest BCUT2D eigenvalue weighted by Gasteiger charge is 2.34. The first kappa shape index (κ1) is 41.7. The van der Waals surface area contributed by atoms with Crippen LogP contribution in [0.1, 0.15) is 42.7 Å². The van der Waals surface area contributed by atoms with Crippen LogP contribution in [0.4, 0.5) is 4.39 Å². The van der Waals surface area contributed by atoms with E-state index < -0.39 is 126 Å². The molecule has 0 unspecified atom stereocenters. The molecule has 0 aliphatic heterocycles. The third-order valence-corrected chi connectivity index (χ3v) is 7.15. The number of halogens is 1. The van der Waals surface area contributed by atoms with E-state index in [1.807, 2.05) is 0 Å². The highest BCUT2D eigenvalue weighted by Crippen LogP contribution is 2.08. The molecule has 1 aromatic carbocycles. The summed E-state index contributed by atoms with van der Waals surface area (Å²) in [6, 6.07) is 0.153. The number of benzene rings is 1. The molecule has 0 fully saturated rings. The molecule has 7 amide bonds. The summed E-state index contributed by atoms with van der Waals surface area (Å²) < 4.78 is 14.0. The molecule has 0 radical (unpaired) electrons. The summed E-state index contributed by atoms with van der Waals surface area (Å²) in [5.41, 5.74) is 13.1. The summed E-state index contributed by atoms with van der Waals surface area (Å²) in [7, 11) is 0. The van der Waals surface area contributed by atoms with Crippen molar-refractivity contribution in [3.63, 3.8) is 0 Å². The summed E-state index contributed by atoms with van der Waals surface area (Å²) in [4.78, 5) is 126. The Kier molecular flexibility index (Phi) is 15.3. The lowest BCUT2D eigenvalue weighted by Crippen LogP contribution is -2.60. The van der Waals surface area contributed by atoms with E-state index in [1.54, 1.807) is 40.3 Å². The van der Waals surface area contributed by atoms with Gasteiger partial charge >= 0.3 is 11.7 Å². The van der Waals surface area contributed by atoms with Gasteiger partial charge in [-0.3, -0.25) is 43.3 Å². The van der Waals surface area contributed by atoms with Crippen LogP contribution < -0.4 is 55.0 Å². The van der Waals surface area contributed by atoms with Gasteiger partial charge in [-0.25, -0.2) is 9.59 Å². The number of hydrogen-bond donors (Lipinski definition) is 11. The predicted octanol–water partition coefficient (Wildman–Crippen LogP) is -5.07. The van der Waals surface area contributed by atoms with E-state index in [1.165, 1.54) is 13.8 Å². The standard InChI is InChI=1S/C30H39FN10O11/c1-12(2)21(39-23(44)14(32)11-35-27(48)22-20(31)26(47)41-30(52)40-22)28(49)37-16(9-18(33)42)25(46)36-15(8-13-6-4-3-5-7-13)24(45)38-17(29(50)51)10-19(34)43/h3-7,12,14-17,21H,8-11,32H2,1-2H3,(H2,33,42)(H2,34,43)(H,35,48)(H,36,46)(H,37,49)(H,38,45)(H,39,44)(H,50,51)(H2,40,41,47,52)/t14-,15-,16-,17-,21-/m0/s1. The molecule has 1 heterocycles. The largest absolute Gasteiger partial charge is 0.480 e. The Labute approximate surface area is 293 Å². The predicted molar refractivity (Wildman–Crippen MR) is 176 cm³/mol. The number of H-pyrrole nitrogens is 2. The average molecular weight is 735 g/mol. The highest BCUT2D eigenvalue weighted by molar-refractivity contribution is 5.98. The molecular formula is C30H39FN10O11. The number of carboxylic acid groups (broad SMARTS) is 1. The lowest BCUT2D eigenvalue weighted by Gasteiger charge is -2.27. The summed E-state index contributed by atoms with van der Waals surface area (Å²) in [6.45, 7) is 2.33. The minimum Gasteiger partial charge on any atom is -0.480 e. The van der Waals surface area contributed by atoms with Gasteiger partial charge in [0.05, 0.1) is 12.8 Å². The van der Waals surface area contributed by atoms with Crippen LogP contribution in [-0.4, -0.2) is 99.1 Å². The van der Waals surface area contributed by atoms with Crippen molar-refractivity contribution in [3.05, 3.63) is 68.2 Å². The van der Waals surface area contributed by atoms with Gasteiger partial charge in [0, 0.05) is 13.0 Å². The maximum absolute atomic E-state index is 14.0. The van der Waals surface area contributed by atoms with Gasteiger partial charge in [0.1, 0.15) is 35.9 Å². The van der Waals surface area contributed by atoms with Crippen LogP contribution in [0.25, 0.3) is 0 Å². The van der Waals surface area contributed by atoms with Crippen molar-refractivity contribution in [1.29, 1.82) is 0 Å². The number of carboxylic acids is 1. The Hall–Kier alpha value is -6.45. The fourth-order valence-electron chi connectivity index (χ4n) is 4.48. The summed E-state index contributed by atoms with van der Waals surface area (Å²) in [5.74, 6) is -11.4. The van der Waals surface area contributed by atoms with E-state index >= 15 is 0 Å². The number of carbonyl (C=O) groups excluding carboxylic acids is 7. The Bertz CT molecular complexity index is 1800. The third kappa shape index (κ3) is 12.8. The van der Waals surface area contributed by atoms with Crippen molar-refractivity contribution in [3.8, 4) is 0 Å². The first-order valence-electron chi connectivity index (χ1n) is 15.4. The molecule has 0 aliphatic carbocycles. The molecule has 0 bridgehead atoms. The SMILES string of the molecule is CC(C)[C@H](NC(=O)[C@@H](N)CNC(=O)c1[nH]c(=O)[nH]c(=O)c1F)C(=O)N[C@@H](CC(N)=O)C(=O)N[C@@H](Cc1ccccc1)C(=O)N[C@@H](CC(N)=O)C(=O)O. The normalized spacial score (nSPS) is 13.7.